The first kappa shape index (κ1) is 18.0. The molecule has 0 saturated carbocycles. The van der Waals surface area contributed by atoms with Crippen LogP contribution in [0.25, 0.3) is 11.0 Å². The Bertz CT molecular complexity index is 987. The minimum absolute atomic E-state index is 0.208. The Balaban J connectivity index is 1.46. The van der Waals surface area contributed by atoms with Crippen molar-refractivity contribution in [3.63, 3.8) is 0 Å². The van der Waals surface area contributed by atoms with E-state index in [4.69, 9.17) is 4.74 Å². The fourth-order valence-electron chi connectivity index (χ4n) is 3.23. The molecular weight excluding hydrogens is 356 g/mol. The highest BCUT2D eigenvalue weighted by molar-refractivity contribution is 5.91. The predicted molar refractivity (Wildman–Crippen MR) is 108 cm³/mol. The van der Waals surface area contributed by atoms with E-state index in [2.05, 4.69) is 25.2 Å². The van der Waals surface area contributed by atoms with Gasteiger partial charge in [0.1, 0.15) is 5.82 Å². The van der Waals surface area contributed by atoms with Gasteiger partial charge in [0.15, 0.2) is 5.82 Å². The maximum atomic E-state index is 12.7. The van der Waals surface area contributed by atoms with Gasteiger partial charge >= 0.3 is 6.03 Å². The van der Waals surface area contributed by atoms with Crippen molar-refractivity contribution < 1.29 is 9.53 Å². The number of rotatable bonds is 3. The first-order valence-corrected chi connectivity index (χ1v) is 9.18. The Hall–Kier alpha value is -3.42. The molecule has 2 aromatic heterocycles. The summed E-state index contributed by atoms with van der Waals surface area (Å²) >= 11 is 0. The van der Waals surface area contributed by atoms with Gasteiger partial charge < -0.3 is 14.5 Å². The molecule has 28 heavy (non-hydrogen) atoms. The Morgan fingerprint density at radius 3 is 2.61 bits per heavy atom. The summed E-state index contributed by atoms with van der Waals surface area (Å²) in [5.41, 5.74) is 2.52. The highest BCUT2D eigenvalue weighted by atomic mass is 16.5. The van der Waals surface area contributed by atoms with E-state index in [-0.39, 0.29) is 6.03 Å². The highest BCUT2D eigenvalue weighted by Gasteiger charge is 2.23. The fraction of sp³-hybridized carbons (Fsp3) is 0.300. The van der Waals surface area contributed by atoms with E-state index in [9.17, 15) is 4.79 Å². The van der Waals surface area contributed by atoms with Crippen molar-refractivity contribution in [3.8, 4) is 5.88 Å². The molecule has 0 spiro atoms. The molecule has 1 N–H and O–H groups in total. The quantitative estimate of drug-likeness (QED) is 0.754. The summed E-state index contributed by atoms with van der Waals surface area (Å²) < 4.78 is 5.32. The third-order valence-electron chi connectivity index (χ3n) is 4.75. The second-order valence-electron chi connectivity index (χ2n) is 6.67. The van der Waals surface area contributed by atoms with Gasteiger partial charge in [0, 0.05) is 32.4 Å². The number of carbonyl (C=O) groups excluding carboxylic acids is 1. The molecule has 1 fully saturated rings. The minimum atomic E-state index is -0.208. The Kier molecular flexibility index (Phi) is 4.92. The molecule has 3 heterocycles. The molecule has 1 saturated heterocycles. The number of amides is 2. The first-order chi connectivity index (χ1) is 13.6. The van der Waals surface area contributed by atoms with Crippen LogP contribution in [0.2, 0.25) is 0 Å². The molecule has 2 amide bonds. The lowest BCUT2D eigenvalue weighted by atomic mass is 10.2. The van der Waals surface area contributed by atoms with Gasteiger partial charge in [-0.2, -0.15) is 0 Å². The Labute approximate surface area is 163 Å². The Morgan fingerprint density at radius 2 is 1.89 bits per heavy atom. The van der Waals surface area contributed by atoms with Gasteiger partial charge in [-0.15, -0.1) is 0 Å². The predicted octanol–water partition coefficient (Wildman–Crippen LogP) is 2.70. The van der Waals surface area contributed by atoms with Gasteiger partial charge in [-0.3, -0.25) is 5.32 Å². The number of nitrogens with zero attached hydrogens (tertiary/aromatic N) is 5. The topological polar surface area (TPSA) is 83.5 Å². The van der Waals surface area contributed by atoms with Gasteiger partial charge in [0.05, 0.1) is 18.1 Å². The molecule has 1 aliphatic rings. The van der Waals surface area contributed by atoms with Crippen molar-refractivity contribution in [3.05, 3.63) is 48.2 Å². The first-order valence-electron chi connectivity index (χ1n) is 9.18. The summed E-state index contributed by atoms with van der Waals surface area (Å²) in [6, 6.07) is 11.4. The summed E-state index contributed by atoms with van der Waals surface area (Å²) in [7, 11) is 1.52. The van der Waals surface area contributed by atoms with Gasteiger partial charge in [0.25, 0.3) is 5.88 Å². The smallest absolute Gasteiger partial charge is 0.323 e. The molecule has 0 atom stereocenters. The average Bonchev–Trinajstić information content (AvgIpc) is 2.74. The highest BCUT2D eigenvalue weighted by Crippen LogP contribution is 2.24. The third-order valence-corrected chi connectivity index (χ3v) is 4.75. The van der Waals surface area contributed by atoms with E-state index in [1.165, 1.54) is 7.11 Å². The van der Waals surface area contributed by atoms with Crippen LogP contribution in [0.5, 0.6) is 5.88 Å². The lowest BCUT2D eigenvalue weighted by molar-refractivity contribution is 0.208. The standard InChI is InChI=1S/C20H22N6O2/c1-14-6-7-15-16(13-14)22-18(19(23-15)28-2)24-20(27)26-11-9-25(10-12-26)17-5-3-4-8-21-17/h3-8,13H,9-12H2,1-2H3,(H,22,24,27). The van der Waals surface area contributed by atoms with Crippen molar-refractivity contribution >= 4 is 28.7 Å². The maximum Gasteiger partial charge on any atom is 0.323 e. The van der Waals surface area contributed by atoms with E-state index in [0.29, 0.717) is 24.8 Å². The van der Waals surface area contributed by atoms with Crippen LogP contribution >= 0.6 is 0 Å². The van der Waals surface area contributed by atoms with Crippen LogP contribution in [0.1, 0.15) is 5.56 Å². The normalized spacial score (nSPS) is 14.2. The molecule has 1 aromatic carbocycles. The molecule has 0 aliphatic carbocycles. The number of hydrogen-bond donors (Lipinski definition) is 1. The third kappa shape index (κ3) is 3.66. The summed E-state index contributed by atoms with van der Waals surface area (Å²) in [6.45, 7) is 4.65. The van der Waals surface area contributed by atoms with E-state index >= 15 is 0 Å². The summed E-state index contributed by atoms with van der Waals surface area (Å²) in [4.78, 5) is 30.0. The second kappa shape index (κ2) is 7.67. The fourth-order valence-corrected chi connectivity index (χ4v) is 3.23. The van der Waals surface area contributed by atoms with E-state index in [1.807, 2.05) is 43.3 Å². The zero-order valence-electron chi connectivity index (χ0n) is 15.9. The number of methoxy groups -OCH3 is 1. The summed E-state index contributed by atoms with van der Waals surface area (Å²) in [6.07, 6.45) is 1.78. The number of pyridine rings is 1. The number of benzene rings is 1. The zero-order valence-corrected chi connectivity index (χ0v) is 15.9. The molecule has 1 aliphatic heterocycles. The van der Waals surface area contributed by atoms with Crippen molar-refractivity contribution in [2.75, 3.05) is 43.5 Å². The molecule has 8 nitrogen and oxygen atoms in total. The SMILES string of the molecule is COc1nc2ccc(C)cc2nc1NC(=O)N1CCN(c2ccccn2)CC1. The van der Waals surface area contributed by atoms with E-state index in [0.717, 1.165) is 35.5 Å². The molecule has 0 bridgehead atoms. The average molecular weight is 378 g/mol. The number of aromatic nitrogens is 3. The number of piperazine rings is 1. The van der Waals surface area contributed by atoms with E-state index in [1.54, 1.807) is 11.1 Å². The number of carbonyl (C=O) groups is 1. The van der Waals surface area contributed by atoms with Crippen LogP contribution in [0.4, 0.5) is 16.4 Å². The molecule has 0 radical (unpaired) electrons. The number of aryl methyl sites for hydroxylation is 1. The van der Waals surface area contributed by atoms with Crippen LogP contribution in [-0.2, 0) is 0 Å². The summed E-state index contributed by atoms with van der Waals surface area (Å²) in [5.74, 6) is 1.56. The van der Waals surface area contributed by atoms with Crippen molar-refractivity contribution in [1.82, 2.24) is 19.9 Å². The van der Waals surface area contributed by atoms with Gasteiger partial charge in [-0.05, 0) is 36.8 Å². The van der Waals surface area contributed by atoms with Crippen LogP contribution in [0.3, 0.4) is 0 Å². The van der Waals surface area contributed by atoms with Crippen LogP contribution in [0.15, 0.2) is 42.6 Å². The number of anilines is 2. The molecule has 144 valence electrons. The number of ether oxygens (including phenoxy) is 1. The number of fused-ring (bicyclic) bond motifs is 1. The van der Waals surface area contributed by atoms with Crippen molar-refractivity contribution in [2.45, 2.75) is 6.92 Å². The zero-order chi connectivity index (χ0) is 19.5. The largest absolute Gasteiger partial charge is 0.478 e. The number of urea groups is 1. The second-order valence-corrected chi connectivity index (χ2v) is 6.67. The van der Waals surface area contributed by atoms with Crippen LogP contribution in [0, 0.1) is 6.92 Å². The Morgan fingerprint density at radius 1 is 1.07 bits per heavy atom. The van der Waals surface area contributed by atoms with Crippen LogP contribution < -0.4 is 15.0 Å². The van der Waals surface area contributed by atoms with Gasteiger partial charge in [-0.1, -0.05) is 12.1 Å². The van der Waals surface area contributed by atoms with Gasteiger partial charge in [0.2, 0.25) is 0 Å². The molecule has 0 unspecified atom stereocenters. The van der Waals surface area contributed by atoms with E-state index < -0.39 is 0 Å². The molecule has 3 aromatic rings. The van der Waals surface area contributed by atoms with Gasteiger partial charge in [-0.25, -0.2) is 19.7 Å². The number of nitrogens with one attached hydrogen (secondary N) is 1. The molecule has 4 rings (SSSR count). The molecular formula is C20H22N6O2. The monoisotopic (exact) mass is 378 g/mol. The maximum absolute atomic E-state index is 12.7. The lowest BCUT2D eigenvalue weighted by Gasteiger charge is -2.35. The number of hydrogen-bond acceptors (Lipinski definition) is 6. The minimum Gasteiger partial charge on any atom is -0.478 e. The molecule has 8 heteroatoms. The van der Waals surface area contributed by atoms with Crippen molar-refractivity contribution in [2.24, 2.45) is 0 Å². The lowest BCUT2D eigenvalue weighted by Crippen LogP contribution is -2.50. The summed E-state index contributed by atoms with van der Waals surface area (Å²) in [5, 5.41) is 2.85. The van der Waals surface area contributed by atoms with Crippen molar-refractivity contribution in [1.29, 1.82) is 0 Å². The van der Waals surface area contributed by atoms with Crippen LogP contribution in [-0.4, -0.2) is 59.2 Å².